The molecule has 1 aromatic heterocycles. The number of nitrogens with two attached hydrogens (primary N) is 1. The molecule has 10 nitrogen and oxygen atoms in total. The number of amides is 3. The molecule has 6 N–H and O–H groups in total. The molecule has 0 aliphatic carbocycles. The number of aryl methyl sites for hydroxylation is 1. The predicted octanol–water partition coefficient (Wildman–Crippen LogP) is 3.05. The first-order chi connectivity index (χ1) is 17.8. The maximum atomic E-state index is 12.0. The largest absolute Gasteiger partial charge is 0.497 e. The van der Waals surface area contributed by atoms with Crippen LogP contribution in [0.15, 0.2) is 65.5 Å². The molecule has 0 saturated carbocycles. The molecule has 37 heavy (non-hydrogen) atoms. The fourth-order valence-electron chi connectivity index (χ4n) is 3.12. The number of rotatable bonds is 12. The number of nitrogens with zero attached hydrogens (tertiary/aromatic N) is 1. The van der Waals surface area contributed by atoms with Crippen LogP contribution in [0.25, 0.3) is 0 Å². The molecule has 198 valence electrons. The standard InChI is InChI=1S/C20H24N2O4.C6H9N3OS/c1-26-17-11-9-16(10-12-17)14-18(19(23)24)22-20(25)21-13-5-8-15-6-3-2-4-7-15;1-4(6(7)10)9-5-2-11-3-8-5/h2-4,6-7,9-12,18H,5,8,13-14H2,1H3,(H,23,24)(H2,21,22,25);2-4,9H,1H3,(H2,7,10)/t18-;4-/m00/s1. The molecule has 3 rings (SSSR count). The van der Waals surface area contributed by atoms with Crippen LogP contribution >= 0.6 is 11.3 Å². The number of nitrogens with one attached hydrogen (secondary N) is 3. The fourth-order valence-corrected chi connectivity index (χ4v) is 3.62. The van der Waals surface area contributed by atoms with Gasteiger partial charge in [-0.1, -0.05) is 42.5 Å². The van der Waals surface area contributed by atoms with Gasteiger partial charge in [-0.3, -0.25) is 4.79 Å². The number of primary amides is 1. The van der Waals surface area contributed by atoms with Gasteiger partial charge in [0.1, 0.15) is 23.7 Å². The highest BCUT2D eigenvalue weighted by atomic mass is 32.1. The second-order valence-electron chi connectivity index (χ2n) is 8.07. The number of benzene rings is 2. The Morgan fingerprint density at radius 1 is 1.08 bits per heavy atom. The van der Waals surface area contributed by atoms with Gasteiger partial charge in [-0.2, -0.15) is 0 Å². The van der Waals surface area contributed by atoms with Crippen LogP contribution in [0.2, 0.25) is 0 Å². The molecule has 3 amide bonds. The van der Waals surface area contributed by atoms with Crippen molar-refractivity contribution in [2.45, 2.75) is 38.3 Å². The summed E-state index contributed by atoms with van der Waals surface area (Å²) in [5.41, 5.74) is 8.73. The van der Waals surface area contributed by atoms with Gasteiger partial charge < -0.3 is 31.5 Å². The number of methoxy groups -OCH3 is 1. The first-order valence-electron chi connectivity index (χ1n) is 11.7. The zero-order chi connectivity index (χ0) is 27.0. The smallest absolute Gasteiger partial charge is 0.326 e. The minimum absolute atomic E-state index is 0.205. The Kier molecular flexibility index (Phi) is 12.4. The Hall–Kier alpha value is -4.12. The molecule has 3 aromatic rings. The van der Waals surface area contributed by atoms with Crippen molar-refractivity contribution in [1.29, 1.82) is 0 Å². The molecule has 0 bridgehead atoms. The number of carbonyl (C=O) groups is 3. The van der Waals surface area contributed by atoms with Gasteiger partial charge in [0.15, 0.2) is 0 Å². The molecule has 0 aliphatic rings. The van der Waals surface area contributed by atoms with Crippen molar-refractivity contribution in [2.75, 3.05) is 19.0 Å². The van der Waals surface area contributed by atoms with Gasteiger partial charge in [0.25, 0.3) is 0 Å². The van der Waals surface area contributed by atoms with Crippen molar-refractivity contribution in [3.63, 3.8) is 0 Å². The minimum Gasteiger partial charge on any atom is -0.497 e. The summed E-state index contributed by atoms with van der Waals surface area (Å²) in [6.45, 7) is 2.18. The van der Waals surface area contributed by atoms with Gasteiger partial charge in [-0.15, -0.1) is 11.3 Å². The molecule has 2 aromatic carbocycles. The SMILES string of the molecule is COc1ccc(C[C@H](NC(=O)NCCCc2ccccc2)C(=O)O)cc1.C[C@H](Nc1cscn1)C(N)=O. The number of carboxylic acids is 1. The van der Waals surface area contributed by atoms with E-state index in [1.165, 1.54) is 16.9 Å². The van der Waals surface area contributed by atoms with Crippen molar-refractivity contribution in [2.24, 2.45) is 5.73 Å². The summed E-state index contributed by atoms with van der Waals surface area (Å²) < 4.78 is 5.08. The van der Waals surface area contributed by atoms with E-state index in [-0.39, 0.29) is 18.4 Å². The maximum absolute atomic E-state index is 12.0. The lowest BCUT2D eigenvalue weighted by molar-refractivity contribution is -0.139. The van der Waals surface area contributed by atoms with Crippen LogP contribution in [0, 0.1) is 0 Å². The van der Waals surface area contributed by atoms with Crippen molar-refractivity contribution in [3.05, 3.63) is 76.6 Å². The average Bonchev–Trinajstić information content (AvgIpc) is 3.40. The Morgan fingerprint density at radius 3 is 2.35 bits per heavy atom. The minimum atomic E-state index is -1.07. The average molecular weight is 528 g/mol. The molecule has 0 fully saturated rings. The monoisotopic (exact) mass is 527 g/mol. The zero-order valence-corrected chi connectivity index (χ0v) is 21.7. The van der Waals surface area contributed by atoms with Crippen LogP contribution in [0.4, 0.5) is 10.6 Å². The molecule has 1 heterocycles. The Labute approximate surface area is 220 Å². The molecule has 0 aliphatic heterocycles. The molecule has 0 saturated heterocycles. The Balaban J connectivity index is 0.000000364. The van der Waals surface area contributed by atoms with E-state index in [0.717, 1.165) is 18.4 Å². The van der Waals surface area contributed by atoms with Crippen LogP contribution in [-0.2, 0) is 22.4 Å². The predicted molar refractivity (Wildman–Crippen MR) is 144 cm³/mol. The third-order valence-corrected chi connectivity index (χ3v) is 5.78. The number of carboxylic acid groups (broad SMARTS) is 1. The zero-order valence-electron chi connectivity index (χ0n) is 20.8. The van der Waals surface area contributed by atoms with Gasteiger partial charge in [-0.05, 0) is 43.0 Å². The van der Waals surface area contributed by atoms with Crippen molar-refractivity contribution in [3.8, 4) is 5.75 Å². The van der Waals surface area contributed by atoms with E-state index in [9.17, 15) is 19.5 Å². The van der Waals surface area contributed by atoms with E-state index >= 15 is 0 Å². The highest BCUT2D eigenvalue weighted by Gasteiger charge is 2.20. The number of ether oxygens (including phenoxy) is 1. The van der Waals surface area contributed by atoms with Crippen molar-refractivity contribution < 1.29 is 24.2 Å². The number of thiazole rings is 1. The van der Waals surface area contributed by atoms with Crippen molar-refractivity contribution >= 4 is 35.1 Å². The third kappa shape index (κ3) is 11.4. The van der Waals surface area contributed by atoms with E-state index in [1.54, 1.807) is 43.8 Å². The number of hydrogen-bond donors (Lipinski definition) is 5. The summed E-state index contributed by atoms with van der Waals surface area (Å²) in [4.78, 5) is 37.9. The Morgan fingerprint density at radius 2 is 1.78 bits per heavy atom. The first kappa shape index (κ1) is 29.1. The quantitative estimate of drug-likeness (QED) is 0.227. The molecule has 0 radical (unpaired) electrons. The highest BCUT2D eigenvalue weighted by molar-refractivity contribution is 7.07. The van der Waals surface area contributed by atoms with Crippen LogP contribution < -0.4 is 26.4 Å². The van der Waals surface area contributed by atoms with Gasteiger partial charge in [-0.25, -0.2) is 14.6 Å². The van der Waals surface area contributed by atoms with Crippen LogP contribution in [0.5, 0.6) is 5.75 Å². The topological polar surface area (TPSA) is 156 Å². The van der Waals surface area contributed by atoms with Crippen LogP contribution in [0.1, 0.15) is 24.5 Å². The van der Waals surface area contributed by atoms with Crippen molar-refractivity contribution in [1.82, 2.24) is 15.6 Å². The summed E-state index contributed by atoms with van der Waals surface area (Å²) in [5.74, 6) is -0.0516. The third-order valence-electron chi connectivity index (χ3n) is 5.20. The summed E-state index contributed by atoms with van der Waals surface area (Å²) in [6.07, 6.45) is 1.85. The van der Waals surface area contributed by atoms with Crippen LogP contribution in [0.3, 0.4) is 0 Å². The van der Waals surface area contributed by atoms with E-state index in [0.29, 0.717) is 18.1 Å². The lowest BCUT2D eigenvalue weighted by atomic mass is 10.1. The number of aliphatic carboxylic acids is 1. The second-order valence-corrected chi connectivity index (χ2v) is 8.79. The molecule has 11 heteroatoms. The summed E-state index contributed by atoms with van der Waals surface area (Å²) in [5, 5.41) is 19.2. The first-order valence-corrected chi connectivity index (χ1v) is 12.6. The number of anilines is 1. The van der Waals surface area contributed by atoms with Gasteiger partial charge in [0.2, 0.25) is 5.91 Å². The Bertz CT molecular complexity index is 1090. The van der Waals surface area contributed by atoms with E-state index in [1.807, 2.05) is 35.7 Å². The summed E-state index contributed by atoms with van der Waals surface area (Å²) in [6, 6.07) is 15.3. The van der Waals surface area contributed by atoms with E-state index < -0.39 is 18.0 Å². The second kappa shape index (κ2) is 15.8. The molecule has 2 atom stereocenters. The number of urea groups is 1. The number of carbonyl (C=O) groups excluding carboxylic acids is 2. The van der Waals surface area contributed by atoms with Gasteiger partial charge >= 0.3 is 12.0 Å². The molecule has 0 unspecified atom stereocenters. The molecule has 0 spiro atoms. The lowest BCUT2D eigenvalue weighted by Crippen LogP contribution is -2.47. The molecular formula is C26H33N5O5S. The van der Waals surface area contributed by atoms with Gasteiger partial charge in [0.05, 0.1) is 12.6 Å². The highest BCUT2D eigenvalue weighted by Crippen LogP contribution is 2.13. The van der Waals surface area contributed by atoms with Gasteiger partial charge in [0, 0.05) is 18.3 Å². The maximum Gasteiger partial charge on any atom is 0.326 e. The normalized spacial score (nSPS) is 11.7. The van der Waals surface area contributed by atoms with E-state index in [2.05, 4.69) is 20.9 Å². The summed E-state index contributed by atoms with van der Waals surface area (Å²) >= 11 is 1.47. The fraction of sp³-hybridized carbons (Fsp3) is 0.308. The van der Waals surface area contributed by atoms with Crippen LogP contribution in [-0.4, -0.2) is 53.7 Å². The number of aromatic nitrogens is 1. The number of hydrogen-bond acceptors (Lipinski definition) is 7. The van der Waals surface area contributed by atoms with E-state index in [4.69, 9.17) is 10.5 Å². The summed E-state index contributed by atoms with van der Waals surface area (Å²) in [7, 11) is 1.57. The lowest BCUT2D eigenvalue weighted by Gasteiger charge is -2.15. The molecular weight excluding hydrogens is 494 g/mol.